The summed E-state index contributed by atoms with van der Waals surface area (Å²) >= 11 is 0. The molecule has 0 aliphatic heterocycles. The number of alkyl halides is 3. The van der Waals surface area contributed by atoms with Crippen molar-refractivity contribution < 1.29 is 27.5 Å². The first-order valence-electron chi connectivity index (χ1n) is 4.04. The summed E-state index contributed by atoms with van der Waals surface area (Å²) in [5, 5.41) is 1.47. The van der Waals surface area contributed by atoms with Gasteiger partial charge in [0.25, 0.3) is 0 Å². The lowest BCUT2D eigenvalue weighted by Gasteiger charge is -2.12. The molecule has 1 atom stereocenters. The Morgan fingerprint density at radius 3 is 2.40 bits per heavy atom. The quantitative estimate of drug-likeness (QED) is 0.504. The number of nitrogens with two attached hydrogens (primary N) is 1. The number of amides is 1. The highest BCUT2D eigenvalue weighted by Crippen LogP contribution is 2.12. The average molecular weight is 228 g/mol. The predicted octanol–water partition coefficient (Wildman–Crippen LogP) is -0.445. The van der Waals surface area contributed by atoms with Crippen LogP contribution in [0.25, 0.3) is 0 Å². The summed E-state index contributed by atoms with van der Waals surface area (Å²) in [6, 6.07) is -1.73. The Hall–Kier alpha value is -1.31. The maximum Gasteiger partial charge on any atom is 0.405 e. The summed E-state index contributed by atoms with van der Waals surface area (Å²) in [4.78, 5) is 21.7. The third-order valence-corrected chi connectivity index (χ3v) is 1.29. The van der Waals surface area contributed by atoms with E-state index in [0.29, 0.717) is 0 Å². The smallest absolute Gasteiger partial charge is 0.405 e. The van der Waals surface area contributed by atoms with Gasteiger partial charge >= 0.3 is 12.1 Å². The van der Waals surface area contributed by atoms with Crippen LogP contribution in [0.2, 0.25) is 0 Å². The molecule has 88 valence electrons. The first-order chi connectivity index (χ1) is 6.78. The lowest BCUT2D eigenvalue weighted by atomic mass is 10.3. The van der Waals surface area contributed by atoms with Crippen molar-refractivity contribution in [2.24, 2.45) is 5.73 Å². The fourth-order valence-corrected chi connectivity index (χ4v) is 0.636. The molecule has 0 aromatic heterocycles. The second-order valence-corrected chi connectivity index (χ2v) is 2.56. The van der Waals surface area contributed by atoms with E-state index in [-0.39, 0.29) is 6.61 Å². The zero-order chi connectivity index (χ0) is 12.1. The second-order valence-electron chi connectivity index (χ2n) is 2.56. The van der Waals surface area contributed by atoms with Crippen molar-refractivity contribution in [1.29, 1.82) is 0 Å². The first kappa shape index (κ1) is 13.7. The Morgan fingerprint density at radius 2 is 2.00 bits per heavy atom. The van der Waals surface area contributed by atoms with Crippen molar-refractivity contribution in [3.63, 3.8) is 0 Å². The number of hydrogen-bond donors (Lipinski definition) is 2. The zero-order valence-electron chi connectivity index (χ0n) is 7.93. The molecule has 1 unspecified atom stereocenters. The van der Waals surface area contributed by atoms with E-state index in [1.54, 1.807) is 0 Å². The highest BCUT2D eigenvalue weighted by atomic mass is 19.4. The van der Waals surface area contributed by atoms with Crippen LogP contribution >= 0.6 is 0 Å². The van der Waals surface area contributed by atoms with E-state index >= 15 is 0 Å². The van der Waals surface area contributed by atoms with Gasteiger partial charge in [0.2, 0.25) is 5.91 Å². The first-order valence-corrected chi connectivity index (χ1v) is 4.04. The molecule has 8 heteroatoms. The van der Waals surface area contributed by atoms with Crippen LogP contribution in [0.15, 0.2) is 0 Å². The van der Waals surface area contributed by atoms with Gasteiger partial charge in [-0.05, 0) is 6.92 Å². The maximum absolute atomic E-state index is 11.7. The van der Waals surface area contributed by atoms with Crippen LogP contribution in [0.1, 0.15) is 6.92 Å². The molecule has 0 fully saturated rings. The van der Waals surface area contributed by atoms with Crippen LogP contribution in [0.3, 0.4) is 0 Å². The van der Waals surface area contributed by atoms with E-state index in [1.807, 2.05) is 0 Å². The van der Waals surface area contributed by atoms with Crippen molar-refractivity contribution in [3.05, 3.63) is 0 Å². The minimum absolute atomic E-state index is 0.000909. The molecule has 0 spiro atoms. The van der Waals surface area contributed by atoms with Gasteiger partial charge in [-0.25, -0.2) is 4.79 Å². The molecule has 0 rings (SSSR count). The number of nitrogens with one attached hydrogen (secondary N) is 1. The molecular formula is C7H11F3N2O3. The van der Waals surface area contributed by atoms with E-state index in [9.17, 15) is 22.8 Å². The van der Waals surface area contributed by atoms with Gasteiger partial charge in [0.15, 0.2) is 6.04 Å². The molecule has 15 heavy (non-hydrogen) atoms. The van der Waals surface area contributed by atoms with Crippen molar-refractivity contribution >= 4 is 11.9 Å². The maximum atomic E-state index is 11.7. The number of halogens is 3. The second kappa shape index (κ2) is 5.54. The summed E-state index contributed by atoms with van der Waals surface area (Å²) in [6.07, 6.45) is -4.54. The number of hydrogen-bond acceptors (Lipinski definition) is 4. The van der Waals surface area contributed by atoms with E-state index < -0.39 is 30.6 Å². The van der Waals surface area contributed by atoms with Gasteiger partial charge in [-0.2, -0.15) is 13.2 Å². The van der Waals surface area contributed by atoms with Gasteiger partial charge in [0, 0.05) is 0 Å². The fourth-order valence-electron chi connectivity index (χ4n) is 0.636. The van der Waals surface area contributed by atoms with Crippen molar-refractivity contribution in [1.82, 2.24) is 5.32 Å². The lowest BCUT2D eigenvalue weighted by molar-refractivity contribution is -0.151. The molecule has 1 amide bonds. The van der Waals surface area contributed by atoms with Crippen molar-refractivity contribution in [2.75, 3.05) is 13.2 Å². The number of carbonyl (C=O) groups is 2. The van der Waals surface area contributed by atoms with Crippen molar-refractivity contribution in [2.45, 2.75) is 19.1 Å². The molecule has 0 saturated carbocycles. The van der Waals surface area contributed by atoms with Gasteiger partial charge in [-0.15, -0.1) is 0 Å². The summed E-state index contributed by atoms with van der Waals surface area (Å²) in [5.41, 5.74) is 5.02. The molecule has 0 saturated heterocycles. The highest BCUT2D eigenvalue weighted by molar-refractivity contribution is 6.01. The van der Waals surface area contributed by atoms with Crippen LogP contribution in [0.4, 0.5) is 13.2 Å². The largest absolute Gasteiger partial charge is 0.464 e. The Labute approximate surface area is 83.8 Å². The van der Waals surface area contributed by atoms with E-state index in [2.05, 4.69) is 4.74 Å². The molecule has 0 radical (unpaired) electrons. The van der Waals surface area contributed by atoms with Crippen molar-refractivity contribution in [3.8, 4) is 0 Å². The van der Waals surface area contributed by atoms with Gasteiger partial charge < -0.3 is 15.8 Å². The topological polar surface area (TPSA) is 81.4 Å². The van der Waals surface area contributed by atoms with E-state index in [4.69, 9.17) is 5.73 Å². The minimum Gasteiger partial charge on any atom is -0.464 e. The highest BCUT2D eigenvalue weighted by Gasteiger charge is 2.30. The van der Waals surface area contributed by atoms with Crippen LogP contribution in [0.5, 0.6) is 0 Å². The number of ether oxygens (including phenoxy) is 1. The van der Waals surface area contributed by atoms with Crippen LogP contribution < -0.4 is 11.1 Å². The predicted molar refractivity (Wildman–Crippen MR) is 43.7 cm³/mol. The molecule has 0 aromatic carbocycles. The fraction of sp³-hybridized carbons (Fsp3) is 0.714. The van der Waals surface area contributed by atoms with E-state index in [0.717, 1.165) is 0 Å². The molecule has 0 aliphatic carbocycles. The number of esters is 1. The number of rotatable bonds is 4. The average Bonchev–Trinajstić information content (AvgIpc) is 2.12. The van der Waals surface area contributed by atoms with Gasteiger partial charge in [0.05, 0.1) is 6.61 Å². The summed E-state index contributed by atoms with van der Waals surface area (Å²) in [6.45, 7) is -0.0454. The SMILES string of the molecule is CCOC(=O)C(N)C(=O)NCC(F)(F)F. The normalized spacial score (nSPS) is 13.1. The Bertz CT molecular complexity index is 242. The molecule has 5 nitrogen and oxygen atoms in total. The van der Waals surface area contributed by atoms with Gasteiger partial charge in [-0.1, -0.05) is 0 Å². The monoisotopic (exact) mass is 228 g/mol. The minimum atomic E-state index is -4.54. The van der Waals surface area contributed by atoms with Gasteiger partial charge in [-0.3, -0.25) is 4.79 Å². The van der Waals surface area contributed by atoms with Crippen LogP contribution in [0, 0.1) is 0 Å². The van der Waals surface area contributed by atoms with E-state index in [1.165, 1.54) is 12.2 Å². The number of carbonyl (C=O) groups excluding carboxylic acids is 2. The Morgan fingerprint density at radius 1 is 1.47 bits per heavy atom. The van der Waals surface area contributed by atoms with Crippen LogP contribution in [-0.2, 0) is 14.3 Å². The third-order valence-electron chi connectivity index (χ3n) is 1.29. The Balaban J connectivity index is 4.05. The van der Waals surface area contributed by atoms with Crippen LogP contribution in [-0.4, -0.2) is 37.2 Å². The molecule has 0 bridgehead atoms. The van der Waals surface area contributed by atoms with Gasteiger partial charge in [0.1, 0.15) is 6.54 Å². The lowest BCUT2D eigenvalue weighted by Crippen LogP contribution is -2.49. The molecule has 3 N–H and O–H groups in total. The molecule has 0 aliphatic rings. The zero-order valence-corrected chi connectivity index (χ0v) is 7.93. The third kappa shape index (κ3) is 5.89. The molecule has 0 aromatic rings. The summed E-state index contributed by atoms with van der Waals surface area (Å²) in [7, 11) is 0. The Kier molecular flexibility index (Phi) is 5.06. The molecule has 0 heterocycles. The standard InChI is InChI=1S/C7H11F3N2O3/c1-2-15-6(14)4(11)5(13)12-3-7(8,9)10/h4H,2-3,11H2,1H3,(H,12,13). The molecular weight excluding hydrogens is 217 g/mol. The summed E-state index contributed by atoms with van der Waals surface area (Å²) in [5.74, 6) is -2.28. The summed E-state index contributed by atoms with van der Waals surface area (Å²) < 4.78 is 39.3.